The molecule has 2 aromatic carbocycles. The molecule has 154 valence electrons. The quantitative estimate of drug-likeness (QED) is 0.457. The van der Waals surface area contributed by atoms with Crippen LogP contribution in [0.1, 0.15) is 41.2 Å². The van der Waals surface area contributed by atoms with Crippen molar-refractivity contribution >= 4 is 29.1 Å². The predicted octanol–water partition coefficient (Wildman–Crippen LogP) is 3.78. The molecule has 2 aromatic rings. The summed E-state index contributed by atoms with van der Waals surface area (Å²) >= 11 is 5.48. The lowest BCUT2D eigenvalue weighted by atomic mass is 9.85. The number of nitrogens with one attached hydrogen (secondary N) is 1. The molecule has 1 unspecified atom stereocenters. The van der Waals surface area contributed by atoms with Gasteiger partial charge in [0.15, 0.2) is 22.4 Å². The van der Waals surface area contributed by atoms with Crippen LogP contribution in [0.5, 0.6) is 11.5 Å². The molecule has 1 N–H and O–H groups in total. The van der Waals surface area contributed by atoms with E-state index in [0.717, 1.165) is 29.7 Å². The summed E-state index contributed by atoms with van der Waals surface area (Å²) in [5, 5.41) is 3.84. The van der Waals surface area contributed by atoms with E-state index in [2.05, 4.69) is 5.32 Å². The molecule has 7 heteroatoms. The second-order valence-electron chi connectivity index (χ2n) is 7.24. The van der Waals surface area contributed by atoms with Gasteiger partial charge in [0.1, 0.15) is 0 Å². The molecule has 1 heterocycles. The third-order valence-electron chi connectivity index (χ3n) is 5.43. The maximum atomic E-state index is 12.7. The number of ketones is 1. The fourth-order valence-electron chi connectivity index (χ4n) is 3.87. The maximum absolute atomic E-state index is 12.7. The Morgan fingerprint density at radius 2 is 1.90 bits per heavy atom. The van der Waals surface area contributed by atoms with Crippen molar-refractivity contribution in [2.24, 2.45) is 0 Å². The van der Waals surface area contributed by atoms with Crippen LogP contribution >= 0.6 is 12.2 Å². The summed E-state index contributed by atoms with van der Waals surface area (Å²) in [5.74, 6) is 0.387. The summed E-state index contributed by atoms with van der Waals surface area (Å²) in [7, 11) is 3.40. The van der Waals surface area contributed by atoms with Crippen molar-refractivity contribution < 1.29 is 19.1 Å². The first-order valence-corrected chi connectivity index (χ1v) is 10.2. The van der Waals surface area contributed by atoms with Gasteiger partial charge in [0, 0.05) is 24.7 Å². The number of carbonyl (C=O) groups excluding carboxylic acids is 2. The third kappa shape index (κ3) is 3.68. The van der Waals surface area contributed by atoms with Crippen LogP contribution in [0.25, 0.3) is 0 Å². The lowest BCUT2D eigenvalue weighted by Crippen LogP contribution is -2.47. The molecule has 0 aromatic heterocycles. The number of benzene rings is 2. The van der Waals surface area contributed by atoms with Gasteiger partial charge in [-0.15, -0.1) is 0 Å². The van der Waals surface area contributed by atoms with Gasteiger partial charge in [-0.2, -0.15) is 0 Å². The molecule has 0 saturated heterocycles. The minimum atomic E-state index is -0.465. The van der Waals surface area contributed by atoms with E-state index < -0.39 is 5.97 Å². The number of rotatable bonds is 4. The van der Waals surface area contributed by atoms with Crippen LogP contribution in [-0.2, 0) is 4.79 Å². The number of hydrogen-bond donors (Lipinski definition) is 1. The van der Waals surface area contributed by atoms with E-state index in [1.165, 1.54) is 7.11 Å². The Balaban J connectivity index is 1.67. The molecular weight excluding hydrogens is 400 g/mol. The topological polar surface area (TPSA) is 67.9 Å². The van der Waals surface area contributed by atoms with E-state index in [0.29, 0.717) is 28.6 Å². The monoisotopic (exact) mass is 422 g/mol. The van der Waals surface area contributed by atoms with E-state index >= 15 is 0 Å². The van der Waals surface area contributed by atoms with E-state index in [4.69, 9.17) is 21.7 Å². The number of ether oxygens (including phenoxy) is 2. The number of carbonyl (C=O) groups is 2. The maximum Gasteiger partial charge on any atom is 0.343 e. The molecule has 0 bridgehead atoms. The van der Waals surface area contributed by atoms with Crippen molar-refractivity contribution in [3.05, 3.63) is 70.9 Å². The first-order chi connectivity index (χ1) is 14.5. The number of esters is 1. The molecular formula is C23H22N2O4S. The summed E-state index contributed by atoms with van der Waals surface area (Å²) in [6.07, 6.45) is 2.18. The van der Waals surface area contributed by atoms with Crippen molar-refractivity contribution in [3.8, 4) is 11.5 Å². The Morgan fingerprint density at radius 3 is 2.63 bits per heavy atom. The average molecular weight is 423 g/mol. The largest absolute Gasteiger partial charge is 0.493 e. The van der Waals surface area contributed by atoms with Crippen molar-refractivity contribution in [3.63, 3.8) is 0 Å². The van der Waals surface area contributed by atoms with Crippen molar-refractivity contribution in [2.75, 3.05) is 14.2 Å². The first kappa shape index (κ1) is 20.1. The lowest BCUT2D eigenvalue weighted by molar-refractivity contribution is -0.116. The highest BCUT2D eigenvalue weighted by atomic mass is 32.1. The Hall–Kier alpha value is -3.19. The van der Waals surface area contributed by atoms with Crippen LogP contribution in [-0.4, -0.2) is 35.9 Å². The highest BCUT2D eigenvalue weighted by molar-refractivity contribution is 7.80. The van der Waals surface area contributed by atoms with Gasteiger partial charge in [0.2, 0.25) is 0 Å². The van der Waals surface area contributed by atoms with E-state index in [-0.39, 0.29) is 11.8 Å². The van der Waals surface area contributed by atoms with Crippen LogP contribution < -0.4 is 14.8 Å². The Bertz CT molecular complexity index is 1050. The van der Waals surface area contributed by atoms with Gasteiger partial charge in [-0.3, -0.25) is 4.79 Å². The SMILES string of the molecule is COc1cc(C2NC(=S)N(C)C3=C2C(=O)CCC3)ccc1OC(=O)c1ccccc1. The van der Waals surface area contributed by atoms with Crippen molar-refractivity contribution in [1.29, 1.82) is 0 Å². The second kappa shape index (κ2) is 8.28. The van der Waals surface area contributed by atoms with Gasteiger partial charge in [-0.25, -0.2) is 4.79 Å². The zero-order chi connectivity index (χ0) is 21.3. The summed E-state index contributed by atoms with van der Waals surface area (Å²) in [4.78, 5) is 27.0. The van der Waals surface area contributed by atoms with Crippen molar-refractivity contribution in [1.82, 2.24) is 10.2 Å². The number of methoxy groups -OCH3 is 1. The summed E-state index contributed by atoms with van der Waals surface area (Å²) in [5.41, 5.74) is 2.99. The van der Waals surface area contributed by atoms with Gasteiger partial charge in [-0.1, -0.05) is 24.3 Å². The molecule has 0 saturated carbocycles. The van der Waals surface area contributed by atoms with E-state index in [1.807, 2.05) is 24.1 Å². The predicted molar refractivity (Wildman–Crippen MR) is 117 cm³/mol. The number of thiocarbonyl (C=S) groups is 1. The zero-order valence-corrected chi connectivity index (χ0v) is 17.6. The van der Waals surface area contributed by atoms with Crippen LogP contribution in [0.2, 0.25) is 0 Å². The van der Waals surface area contributed by atoms with Crippen LogP contribution in [0.15, 0.2) is 59.8 Å². The fourth-order valence-corrected chi connectivity index (χ4v) is 4.10. The molecule has 1 aliphatic heterocycles. The molecule has 6 nitrogen and oxygen atoms in total. The molecule has 0 radical (unpaired) electrons. The minimum absolute atomic E-state index is 0.127. The smallest absolute Gasteiger partial charge is 0.343 e. The highest BCUT2D eigenvalue weighted by Crippen LogP contribution is 2.39. The van der Waals surface area contributed by atoms with Crippen LogP contribution in [0.3, 0.4) is 0 Å². The molecule has 30 heavy (non-hydrogen) atoms. The van der Waals surface area contributed by atoms with Gasteiger partial charge >= 0.3 is 5.97 Å². The molecule has 0 fully saturated rings. The van der Waals surface area contributed by atoms with Crippen molar-refractivity contribution in [2.45, 2.75) is 25.3 Å². The molecule has 4 rings (SSSR count). The third-order valence-corrected chi connectivity index (χ3v) is 5.82. The minimum Gasteiger partial charge on any atom is -0.493 e. The van der Waals surface area contributed by atoms with E-state index in [1.54, 1.807) is 36.4 Å². The number of allylic oxidation sites excluding steroid dienone is 1. The molecule has 0 spiro atoms. The Labute approximate surface area is 180 Å². The van der Waals surface area contributed by atoms with Gasteiger partial charge in [-0.05, 0) is 54.9 Å². The fraction of sp³-hybridized carbons (Fsp3) is 0.261. The zero-order valence-electron chi connectivity index (χ0n) is 16.8. The van der Waals surface area contributed by atoms with E-state index in [9.17, 15) is 9.59 Å². The van der Waals surface area contributed by atoms with Gasteiger partial charge in [0.25, 0.3) is 0 Å². The van der Waals surface area contributed by atoms with Gasteiger partial charge < -0.3 is 19.7 Å². The number of Topliss-reactive ketones (excluding diaryl/α,β-unsaturated/α-hetero) is 1. The molecule has 2 aliphatic rings. The summed E-state index contributed by atoms with van der Waals surface area (Å²) < 4.78 is 11.0. The molecule has 1 atom stereocenters. The lowest BCUT2D eigenvalue weighted by Gasteiger charge is -2.39. The number of hydrogen-bond acceptors (Lipinski definition) is 5. The number of nitrogens with zero attached hydrogens (tertiary/aromatic N) is 1. The average Bonchev–Trinajstić information content (AvgIpc) is 2.77. The van der Waals surface area contributed by atoms with Gasteiger partial charge in [0.05, 0.1) is 18.7 Å². The standard InChI is InChI=1S/C23H22N2O4S/c1-25-16-9-6-10-17(26)20(16)21(24-23(25)30)15-11-12-18(19(13-15)28-2)29-22(27)14-7-4-3-5-8-14/h3-5,7-8,11-13,21H,6,9-10H2,1-2H3,(H,24,30). The second-order valence-corrected chi connectivity index (χ2v) is 7.63. The Morgan fingerprint density at radius 1 is 1.13 bits per heavy atom. The van der Waals surface area contributed by atoms with Crippen LogP contribution in [0, 0.1) is 0 Å². The summed E-state index contributed by atoms with van der Waals surface area (Å²) in [6.45, 7) is 0. The van der Waals surface area contributed by atoms with Crippen LogP contribution in [0.4, 0.5) is 0 Å². The molecule has 1 aliphatic carbocycles. The Kier molecular flexibility index (Phi) is 5.55. The first-order valence-electron chi connectivity index (χ1n) is 9.75. The normalized spacial score (nSPS) is 18.6. The molecule has 0 amide bonds. The summed E-state index contributed by atoms with van der Waals surface area (Å²) in [6, 6.07) is 13.7. The highest BCUT2D eigenvalue weighted by Gasteiger charge is 2.36.